The molecule has 1 aromatic rings. The van der Waals surface area contributed by atoms with Gasteiger partial charge in [-0.1, -0.05) is 6.08 Å². The zero-order valence-electron chi connectivity index (χ0n) is 7.32. The highest BCUT2D eigenvalue weighted by Crippen LogP contribution is 2.21. The summed E-state index contributed by atoms with van der Waals surface area (Å²) in [7, 11) is 0. The largest absolute Gasteiger partial charge is 0.477 e. The Hall–Kier alpha value is -1.62. The molecule has 0 aliphatic carbocycles. The molecular weight excluding hydrogens is 202 g/mol. The SMILES string of the molecule is C=CCC(=O)Nc1ccc(C(=O)O)s1. The normalized spacial score (nSPS) is 9.43. The molecule has 2 N–H and O–H groups in total. The number of carbonyl (C=O) groups excluding carboxylic acids is 1. The van der Waals surface area contributed by atoms with Gasteiger partial charge in [0.1, 0.15) is 4.88 Å². The molecule has 0 aliphatic heterocycles. The van der Waals surface area contributed by atoms with Crippen LogP contribution in [0.4, 0.5) is 5.00 Å². The molecule has 1 rings (SSSR count). The predicted octanol–water partition coefficient (Wildman–Crippen LogP) is 1.96. The van der Waals surface area contributed by atoms with Gasteiger partial charge in [-0.2, -0.15) is 0 Å². The quantitative estimate of drug-likeness (QED) is 0.748. The van der Waals surface area contributed by atoms with E-state index in [1.807, 2.05) is 0 Å². The molecule has 14 heavy (non-hydrogen) atoms. The Morgan fingerprint density at radius 3 is 2.79 bits per heavy atom. The summed E-state index contributed by atoms with van der Waals surface area (Å²) in [5, 5.41) is 11.7. The van der Waals surface area contributed by atoms with E-state index >= 15 is 0 Å². The molecule has 0 unspecified atom stereocenters. The first-order chi connectivity index (χ1) is 6.63. The van der Waals surface area contributed by atoms with E-state index in [0.29, 0.717) is 5.00 Å². The summed E-state index contributed by atoms with van der Waals surface area (Å²) in [6, 6.07) is 3.02. The van der Waals surface area contributed by atoms with Gasteiger partial charge in [-0.05, 0) is 12.1 Å². The fraction of sp³-hybridized carbons (Fsp3) is 0.111. The van der Waals surface area contributed by atoms with Gasteiger partial charge in [-0.3, -0.25) is 4.79 Å². The lowest BCUT2D eigenvalue weighted by atomic mass is 10.4. The molecule has 1 heterocycles. The van der Waals surface area contributed by atoms with Crippen molar-refractivity contribution in [3.63, 3.8) is 0 Å². The lowest BCUT2D eigenvalue weighted by molar-refractivity contribution is -0.115. The van der Waals surface area contributed by atoms with Gasteiger partial charge in [0.15, 0.2) is 0 Å². The third-order valence-electron chi connectivity index (χ3n) is 1.41. The summed E-state index contributed by atoms with van der Waals surface area (Å²) in [6.07, 6.45) is 1.71. The highest BCUT2D eigenvalue weighted by Gasteiger charge is 2.08. The van der Waals surface area contributed by atoms with Crippen molar-refractivity contribution in [2.75, 3.05) is 5.32 Å². The summed E-state index contributed by atoms with van der Waals surface area (Å²) < 4.78 is 0. The molecule has 1 amide bonds. The van der Waals surface area contributed by atoms with E-state index in [1.54, 1.807) is 6.07 Å². The Morgan fingerprint density at radius 1 is 1.57 bits per heavy atom. The van der Waals surface area contributed by atoms with Crippen LogP contribution in [0.2, 0.25) is 0 Å². The summed E-state index contributed by atoms with van der Waals surface area (Å²) in [5.41, 5.74) is 0. The smallest absolute Gasteiger partial charge is 0.345 e. The van der Waals surface area contributed by atoms with E-state index in [4.69, 9.17) is 5.11 Å². The van der Waals surface area contributed by atoms with Crippen LogP contribution in [0, 0.1) is 0 Å². The monoisotopic (exact) mass is 211 g/mol. The van der Waals surface area contributed by atoms with Gasteiger partial charge in [-0.15, -0.1) is 17.9 Å². The number of amides is 1. The van der Waals surface area contributed by atoms with Crippen molar-refractivity contribution in [1.29, 1.82) is 0 Å². The summed E-state index contributed by atoms with van der Waals surface area (Å²) in [6.45, 7) is 3.42. The summed E-state index contributed by atoms with van der Waals surface area (Å²) in [5.74, 6) is -1.18. The molecule has 0 spiro atoms. The topological polar surface area (TPSA) is 66.4 Å². The van der Waals surface area contributed by atoms with Crippen molar-refractivity contribution in [3.05, 3.63) is 29.7 Å². The number of carbonyl (C=O) groups is 2. The first-order valence-corrected chi connectivity index (χ1v) is 4.69. The molecule has 0 radical (unpaired) electrons. The van der Waals surface area contributed by atoms with Crippen LogP contribution in [0.5, 0.6) is 0 Å². The van der Waals surface area contributed by atoms with Crippen molar-refractivity contribution in [3.8, 4) is 0 Å². The molecular formula is C9H9NO3S. The minimum Gasteiger partial charge on any atom is -0.477 e. The average Bonchev–Trinajstić information content (AvgIpc) is 2.53. The second-order valence-electron chi connectivity index (χ2n) is 2.51. The highest BCUT2D eigenvalue weighted by molar-refractivity contribution is 7.18. The molecule has 0 atom stereocenters. The molecule has 74 valence electrons. The van der Waals surface area contributed by atoms with Crippen LogP contribution >= 0.6 is 11.3 Å². The molecule has 0 saturated heterocycles. The second-order valence-corrected chi connectivity index (χ2v) is 3.59. The fourth-order valence-corrected chi connectivity index (χ4v) is 1.60. The predicted molar refractivity (Wildman–Crippen MR) is 54.7 cm³/mol. The number of hydrogen-bond acceptors (Lipinski definition) is 3. The highest BCUT2D eigenvalue weighted by atomic mass is 32.1. The van der Waals surface area contributed by atoms with Crippen molar-refractivity contribution >= 4 is 28.2 Å². The van der Waals surface area contributed by atoms with E-state index < -0.39 is 5.97 Å². The molecule has 0 aromatic carbocycles. The van der Waals surface area contributed by atoms with Crippen LogP contribution in [0.3, 0.4) is 0 Å². The first kappa shape index (κ1) is 10.5. The van der Waals surface area contributed by atoms with Crippen molar-refractivity contribution < 1.29 is 14.7 Å². The third kappa shape index (κ3) is 2.70. The van der Waals surface area contributed by atoms with Crippen LogP contribution in [-0.4, -0.2) is 17.0 Å². The summed E-state index contributed by atoms with van der Waals surface area (Å²) in [4.78, 5) is 21.8. The Morgan fingerprint density at radius 2 is 2.29 bits per heavy atom. The Balaban J connectivity index is 2.64. The van der Waals surface area contributed by atoms with Crippen LogP contribution in [-0.2, 0) is 4.79 Å². The Bertz CT molecular complexity index is 370. The molecule has 1 aromatic heterocycles. The minimum absolute atomic E-state index is 0.196. The van der Waals surface area contributed by atoms with E-state index in [1.165, 1.54) is 12.1 Å². The van der Waals surface area contributed by atoms with E-state index in [9.17, 15) is 9.59 Å². The number of aromatic carboxylic acids is 1. The molecule has 0 aliphatic rings. The number of hydrogen-bond donors (Lipinski definition) is 2. The molecule has 4 nitrogen and oxygen atoms in total. The van der Waals surface area contributed by atoms with Gasteiger partial charge < -0.3 is 10.4 Å². The van der Waals surface area contributed by atoms with E-state index in [2.05, 4.69) is 11.9 Å². The number of carboxylic acids is 1. The maximum absolute atomic E-state index is 11.1. The van der Waals surface area contributed by atoms with Gasteiger partial charge in [-0.25, -0.2) is 4.79 Å². The van der Waals surface area contributed by atoms with Crippen molar-refractivity contribution in [1.82, 2.24) is 0 Å². The number of carboxylic acid groups (broad SMARTS) is 1. The second kappa shape index (κ2) is 4.57. The Kier molecular flexibility index (Phi) is 3.41. The van der Waals surface area contributed by atoms with Crippen molar-refractivity contribution in [2.45, 2.75) is 6.42 Å². The van der Waals surface area contributed by atoms with Crippen LogP contribution in [0.25, 0.3) is 0 Å². The number of nitrogens with one attached hydrogen (secondary N) is 1. The zero-order chi connectivity index (χ0) is 10.6. The van der Waals surface area contributed by atoms with Crippen LogP contribution in [0.1, 0.15) is 16.1 Å². The molecule has 5 heteroatoms. The maximum Gasteiger partial charge on any atom is 0.345 e. The molecule has 0 fully saturated rings. The van der Waals surface area contributed by atoms with E-state index in [-0.39, 0.29) is 17.2 Å². The maximum atomic E-state index is 11.1. The van der Waals surface area contributed by atoms with Gasteiger partial charge in [0.2, 0.25) is 5.91 Å². The van der Waals surface area contributed by atoms with Crippen molar-refractivity contribution in [2.24, 2.45) is 0 Å². The lowest BCUT2D eigenvalue weighted by Gasteiger charge is -1.97. The van der Waals surface area contributed by atoms with Gasteiger partial charge >= 0.3 is 5.97 Å². The fourth-order valence-electron chi connectivity index (χ4n) is 0.840. The lowest BCUT2D eigenvalue weighted by Crippen LogP contribution is -2.08. The van der Waals surface area contributed by atoms with E-state index in [0.717, 1.165) is 11.3 Å². The summed E-state index contributed by atoms with van der Waals surface area (Å²) >= 11 is 1.03. The van der Waals surface area contributed by atoms with Gasteiger partial charge in [0.05, 0.1) is 5.00 Å². The number of rotatable bonds is 4. The van der Waals surface area contributed by atoms with Gasteiger partial charge in [0, 0.05) is 6.42 Å². The molecule has 0 bridgehead atoms. The van der Waals surface area contributed by atoms with Gasteiger partial charge in [0.25, 0.3) is 0 Å². The Labute approximate surface area is 84.9 Å². The zero-order valence-corrected chi connectivity index (χ0v) is 8.13. The standard InChI is InChI=1S/C9H9NO3S/c1-2-3-7(11)10-8-5-4-6(14-8)9(12)13/h2,4-5H,1,3H2,(H,10,11)(H,12,13). The number of anilines is 1. The minimum atomic E-state index is -0.987. The first-order valence-electron chi connectivity index (χ1n) is 3.87. The third-order valence-corrected chi connectivity index (χ3v) is 2.40. The number of thiophene rings is 1. The molecule has 0 saturated carbocycles. The average molecular weight is 211 g/mol. The van der Waals surface area contributed by atoms with Crippen LogP contribution in [0.15, 0.2) is 24.8 Å². The van der Waals surface area contributed by atoms with Crippen LogP contribution < -0.4 is 5.32 Å².